The number of rotatable bonds is 5. The predicted octanol–water partition coefficient (Wildman–Crippen LogP) is 2.44. The Morgan fingerprint density at radius 3 is 2.56 bits per heavy atom. The molecule has 3 saturated carbocycles. The van der Waals surface area contributed by atoms with E-state index in [1.54, 1.807) is 0 Å². The van der Waals surface area contributed by atoms with Crippen LogP contribution in [0, 0.1) is 16.7 Å². The smallest absolute Gasteiger partial charge is 0.191 e. The predicted molar refractivity (Wildman–Crippen MR) is 99.6 cm³/mol. The molecule has 1 aliphatic heterocycles. The summed E-state index contributed by atoms with van der Waals surface area (Å²) in [7, 11) is 1.88. The molecule has 0 aromatic carbocycles. The van der Waals surface area contributed by atoms with Crippen LogP contribution in [0.15, 0.2) is 4.99 Å². The van der Waals surface area contributed by atoms with Crippen molar-refractivity contribution < 1.29 is 9.84 Å². The summed E-state index contributed by atoms with van der Waals surface area (Å²) in [5.74, 6) is 1.61. The van der Waals surface area contributed by atoms with E-state index in [0.717, 1.165) is 25.5 Å². The van der Waals surface area contributed by atoms with Crippen molar-refractivity contribution in [2.75, 3.05) is 26.8 Å². The summed E-state index contributed by atoms with van der Waals surface area (Å²) < 4.78 is 6.10. The average molecular weight is 350 g/mol. The van der Waals surface area contributed by atoms with Gasteiger partial charge in [0.2, 0.25) is 0 Å². The number of hydrogen-bond donors (Lipinski definition) is 3. The number of aliphatic hydroxyl groups excluding tert-OH is 1. The molecular formula is C20H35N3O2. The number of aliphatic hydroxyl groups is 1. The molecule has 3 unspecified atom stereocenters. The largest absolute Gasteiger partial charge is 0.396 e. The Morgan fingerprint density at radius 1 is 1.16 bits per heavy atom. The molecule has 4 fully saturated rings. The normalized spacial score (nSPS) is 35.6. The lowest BCUT2D eigenvalue weighted by Crippen LogP contribution is -2.69. The van der Waals surface area contributed by atoms with Crippen LogP contribution in [0.2, 0.25) is 0 Å². The van der Waals surface area contributed by atoms with Crippen LogP contribution >= 0.6 is 0 Å². The van der Waals surface area contributed by atoms with Crippen LogP contribution in [0.3, 0.4) is 0 Å². The van der Waals surface area contributed by atoms with Crippen LogP contribution in [0.25, 0.3) is 0 Å². The van der Waals surface area contributed by atoms with Crippen molar-refractivity contribution in [3.63, 3.8) is 0 Å². The quantitative estimate of drug-likeness (QED) is 0.527. The molecule has 4 rings (SSSR count). The molecule has 3 aliphatic carbocycles. The third kappa shape index (κ3) is 2.97. The Hall–Kier alpha value is -0.810. The van der Waals surface area contributed by atoms with E-state index in [9.17, 15) is 5.11 Å². The van der Waals surface area contributed by atoms with Gasteiger partial charge in [-0.15, -0.1) is 0 Å². The molecular weight excluding hydrogens is 314 g/mol. The van der Waals surface area contributed by atoms with Crippen LogP contribution < -0.4 is 10.6 Å². The molecule has 0 radical (unpaired) electrons. The Bertz CT molecular complexity index is 495. The van der Waals surface area contributed by atoms with Crippen molar-refractivity contribution >= 4 is 5.96 Å². The van der Waals surface area contributed by atoms with Gasteiger partial charge in [0.05, 0.1) is 6.10 Å². The molecule has 3 N–H and O–H groups in total. The molecule has 0 bridgehead atoms. The number of nitrogens with one attached hydrogen (secondary N) is 2. The van der Waals surface area contributed by atoms with Crippen LogP contribution in [0.1, 0.15) is 64.2 Å². The Balaban J connectivity index is 1.39. The van der Waals surface area contributed by atoms with Crippen molar-refractivity contribution in [1.29, 1.82) is 0 Å². The molecule has 25 heavy (non-hydrogen) atoms. The minimum Gasteiger partial charge on any atom is -0.396 e. The molecule has 5 nitrogen and oxygen atoms in total. The fraction of sp³-hybridized carbons (Fsp3) is 0.950. The van der Waals surface area contributed by atoms with Gasteiger partial charge >= 0.3 is 0 Å². The third-order valence-corrected chi connectivity index (χ3v) is 7.74. The first-order valence-corrected chi connectivity index (χ1v) is 10.4. The summed E-state index contributed by atoms with van der Waals surface area (Å²) in [6, 6.07) is 0.520. The zero-order valence-corrected chi connectivity index (χ0v) is 15.7. The lowest BCUT2D eigenvalue weighted by atomic mass is 9.54. The number of fused-ring (bicyclic) bond motifs is 2. The molecule has 1 spiro atoms. The molecule has 0 aromatic heterocycles. The van der Waals surface area contributed by atoms with Crippen LogP contribution in [0.5, 0.6) is 0 Å². The van der Waals surface area contributed by atoms with Crippen molar-refractivity contribution in [2.45, 2.75) is 76.4 Å². The highest BCUT2D eigenvalue weighted by Gasteiger charge is 2.65. The molecule has 4 aliphatic rings. The van der Waals surface area contributed by atoms with Gasteiger partial charge in [-0.1, -0.05) is 25.7 Å². The van der Waals surface area contributed by atoms with E-state index in [1.165, 1.54) is 57.8 Å². The Morgan fingerprint density at radius 2 is 1.88 bits per heavy atom. The van der Waals surface area contributed by atoms with Crippen LogP contribution in [0.4, 0.5) is 0 Å². The van der Waals surface area contributed by atoms with Gasteiger partial charge in [0.25, 0.3) is 0 Å². The molecule has 0 amide bonds. The van der Waals surface area contributed by atoms with Gasteiger partial charge in [-0.25, -0.2) is 0 Å². The number of hydrogen-bond acceptors (Lipinski definition) is 3. The third-order valence-electron chi connectivity index (χ3n) is 7.74. The van der Waals surface area contributed by atoms with Crippen LogP contribution in [-0.4, -0.2) is 50.0 Å². The minimum absolute atomic E-state index is 0.260. The number of guanidine groups is 1. The lowest BCUT2D eigenvalue weighted by molar-refractivity contribution is -0.125. The number of nitrogens with zero attached hydrogens (tertiary/aromatic N) is 1. The first-order valence-electron chi connectivity index (χ1n) is 10.4. The molecule has 1 saturated heterocycles. The topological polar surface area (TPSA) is 65.9 Å². The standard InChI is InChI=1S/C20H35N3O2/c1-21-18(22-14-19(11-12-24)7-2-3-8-19)23-16-15-6-13-25-17(15)20(16)9-4-5-10-20/h15-17,24H,2-14H2,1H3,(H2,21,22,23). The van der Waals surface area contributed by atoms with Crippen LogP contribution in [-0.2, 0) is 4.74 Å². The van der Waals surface area contributed by atoms with E-state index in [2.05, 4.69) is 15.6 Å². The first kappa shape index (κ1) is 17.6. The van der Waals surface area contributed by atoms with Crippen molar-refractivity contribution in [3.05, 3.63) is 0 Å². The van der Waals surface area contributed by atoms with Gasteiger partial charge in [0.1, 0.15) is 0 Å². The highest BCUT2D eigenvalue weighted by molar-refractivity contribution is 5.80. The Kier molecular flexibility index (Phi) is 4.98. The van der Waals surface area contributed by atoms with Crippen molar-refractivity contribution in [3.8, 4) is 0 Å². The summed E-state index contributed by atoms with van der Waals surface area (Å²) in [5.41, 5.74) is 0.616. The van der Waals surface area contributed by atoms with E-state index in [4.69, 9.17) is 4.74 Å². The second-order valence-electron chi connectivity index (χ2n) is 8.91. The van der Waals surface area contributed by atoms with E-state index >= 15 is 0 Å². The fourth-order valence-corrected chi connectivity index (χ4v) is 6.39. The van der Waals surface area contributed by atoms with E-state index in [-0.39, 0.29) is 5.41 Å². The second-order valence-corrected chi connectivity index (χ2v) is 8.91. The Labute approximate surface area is 152 Å². The van der Waals surface area contributed by atoms with Crippen molar-refractivity contribution in [1.82, 2.24) is 10.6 Å². The first-order chi connectivity index (χ1) is 12.2. The van der Waals surface area contributed by atoms with E-state index < -0.39 is 0 Å². The van der Waals surface area contributed by atoms with Gasteiger partial charge in [0, 0.05) is 44.2 Å². The zero-order valence-electron chi connectivity index (χ0n) is 15.7. The lowest BCUT2D eigenvalue weighted by Gasteiger charge is -2.57. The minimum atomic E-state index is 0.260. The molecule has 1 heterocycles. The number of ether oxygens (including phenoxy) is 1. The second kappa shape index (κ2) is 7.07. The maximum atomic E-state index is 9.46. The summed E-state index contributed by atoms with van der Waals surface area (Å²) in [5, 5.41) is 16.9. The summed E-state index contributed by atoms with van der Waals surface area (Å²) in [4.78, 5) is 4.52. The van der Waals surface area contributed by atoms with Gasteiger partial charge in [-0.3, -0.25) is 4.99 Å². The summed E-state index contributed by atoms with van der Waals surface area (Å²) >= 11 is 0. The molecule has 0 aromatic rings. The molecule has 5 heteroatoms. The zero-order chi connectivity index (χ0) is 17.3. The summed E-state index contributed by atoms with van der Waals surface area (Å²) in [6.07, 6.45) is 12.9. The average Bonchev–Trinajstić information content (AvgIpc) is 3.35. The summed E-state index contributed by atoms with van der Waals surface area (Å²) in [6.45, 7) is 2.15. The van der Waals surface area contributed by atoms with Crippen molar-refractivity contribution in [2.24, 2.45) is 21.7 Å². The maximum absolute atomic E-state index is 9.46. The van der Waals surface area contributed by atoms with Gasteiger partial charge in [0.15, 0.2) is 5.96 Å². The monoisotopic (exact) mass is 349 g/mol. The SMILES string of the molecule is CN=C(NCC1(CCO)CCCC1)NC1C2CCOC2C12CCCC2. The number of aliphatic imine (C=N–C) groups is 1. The molecule has 142 valence electrons. The van der Waals surface area contributed by atoms with E-state index in [0.29, 0.717) is 30.1 Å². The highest BCUT2D eigenvalue weighted by atomic mass is 16.5. The van der Waals surface area contributed by atoms with Gasteiger partial charge in [-0.2, -0.15) is 0 Å². The fourth-order valence-electron chi connectivity index (χ4n) is 6.39. The van der Waals surface area contributed by atoms with Gasteiger partial charge in [-0.05, 0) is 43.9 Å². The maximum Gasteiger partial charge on any atom is 0.191 e. The molecule has 3 atom stereocenters. The highest BCUT2D eigenvalue weighted by Crippen LogP contribution is 2.60. The van der Waals surface area contributed by atoms with E-state index in [1.807, 2.05) is 7.05 Å². The van der Waals surface area contributed by atoms with Gasteiger partial charge < -0.3 is 20.5 Å².